The molecule has 0 unspecified atom stereocenters. The van der Waals surface area contributed by atoms with E-state index in [1.807, 2.05) is 47.9 Å². The zero-order chi connectivity index (χ0) is 21.5. The van der Waals surface area contributed by atoms with Gasteiger partial charge in [0.05, 0.1) is 18.6 Å². The number of esters is 1. The molecule has 0 aliphatic carbocycles. The molecule has 162 valence electrons. The molecule has 3 fully saturated rings. The third-order valence-electron chi connectivity index (χ3n) is 6.83. The van der Waals surface area contributed by atoms with Crippen molar-refractivity contribution >= 4 is 17.8 Å². The quantitative estimate of drug-likeness (QED) is 0.710. The summed E-state index contributed by atoms with van der Waals surface area (Å²) >= 11 is 0. The molecular weight excluding hydrogens is 384 g/mol. The van der Waals surface area contributed by atoms with Crippen LogP contribution in [-0.4, -0.2) is 73.6 Å². The summed E-state index contributed by atoms with van der Waals surface area (Å²) in [6.07, 6.45) is 1.44. The summed E-state index contributed by atoms with van der Waals surface area (Å²) in [5, 5.41) is 0. The maximum Gasteiger partial charge on any atom is 0.320 e. The Hall–Kier alpha value is -2.41. The highest BCUT2D eigenvalue weighted by Crippen LogP contribution is 2.33. The molecule has 3 aliphatic heterocycles. The van der Waals surface area contributed by atoms with Crippen molar-refractivity contribution < 1.29 is 23.9 Å². The first kappa shape index (κ1) is 20.8. The van der Waals surface area contributed by atoms with Crippen molar-refractivity contribution in [3.63, 3.8) is 0 Å². The molecule has 2 atom stereocenters. The van der Waals surface area contributed by atoms with Crippen LogP contribution in [0, 0.1) is 5.92 Å². The number of amides is 2. The number of piperidine rings is 1. The van der Waals surface area contributed by atoms with Crippen molar-refractivity contribution in [2.45, 2.75) is 44.1 Å². The molecular formula is C23H30N2O5. The maximum atomic E-state index is 12.9. The van der Waals surface area contributed by atoms with Gasteiger partial charge < -0.3 is 19.3 Å². The minimum Gasteiger partial charge on any atom is -0.468 e. The Kier molecular flexibility index (Phi) is 5.57. The Morgan fingerprint density at radius 3 is 2.47 bits per heavy atom. The lowest BCUT2D eigenvalue weighted by molar-refractivity contribution is -0.146. The molecule has 3 aliphatic rings. The first-order valence-electron chi connectivity index (χ1n) is 10.7. The summed E-state index contributed by atoms with van der Waals surface area (Å²) < 4.78 is 10.5. The molecule has 7 nitrogen and oxygen atoms in total. The van der Waals surface area contributed by atoms with Gasteiger partial charge in [0.1, 0.15) is 6.61 Å². The van der Waals surface area contributed by atoms with Crippen LogP contribution < -0.4 is 0 Å². The summed E-state index contributed by atoms with van der Waals surface area (Å²) in [5.74, 6) is 0.311. The molecule has 7 heteroatoms. The van der Waals surface area contributed by atoms with Crippen LogP contribution in [-0.2, 0) is 24.5 Å². The topological polar surface area (TPSA) is 76.2 Å². The van der Waals surface area contributed by atoms with Crippen LogP contribution in [0.3, 0.4) is 0 Å². The molecule has 0 saturated carbocycles. The van der Waals surface area contributed by atoms with E-state index in [0.29, 0.717) is 38.5 Å². The van der Waals surface area contributed by atoms with Crippen LogP contribution in [0.4, 0.5) is 4.79 Å². The highest BCUT2D eigenvalue weighted by molar-refractivity contribution is 5.82. The minimum absolute atomic E-state index is 0.0613. The molecule has 0 radical (unpaired) electrons. The zero-order valence-electron chi connectivity index (χ0n) is 17.9. The normalized spacial score (nSPS) is 24.8. The number of Topliss-reactive ketones (excluding diaryl/α,β-unsaturated/α-hetero) is 1. The predicted molar refractivity (Wildman–Crippen MR) is 110 cm³/mol. The van der Waals surface area contributed by atoms with E-state index in [0.717, 1.165) is 12.0 Å². The molecule has 3 saturated heterocycles. The number of methoxy groups -OCH3 is 1. The van der Waals surface area contributed by atoms with Crippen LogP contribution in [0.5, 0.6) is 0 Å². The molecule has 0 bridgehead atoms. The smallest absolute Gasteiger partial charge is 0.320 e. The van der Waals surface area contributed by atoms with Gasteiger partial charge >= 0.3 is 12.0 Å². The highest BCUT2D eigenvalue weighted by atomic mass is 16.5. The molecule has 1 aromatic carbocycles. The monoisotopic (exact) mass is 414 g/mol. The molecule has 2 amide bonds. The summed E-state index contributed by atoms with van der Waals surface area (Å²) in [6.45, 7) is 6.60. The fraction of sp³-hybridized carbons (Fsp3) is 0.609. The molecule has 1 aromatic rings. The van der Waals surface area contributed by atoms with E-state index >= 15 is 0 Å². The van der Waals surface area contributed by atoms with Crippen molar-refractivity contribution in [1.82, 2.24) is 9.80 Å². The summed E-state index contributed by atoms with van der Waals surface area (Å²) in [6, 6.07) is 8.10. The van der Waals surface area contributed by atoms with Crippen LogP contribution in [0.25, 0.3) is 0 Å². The van der Waals surface area contributed by atoms with E-state index in [2.05, 4.69) is 0 Å². The lowest BCUT2D eigenvalue weighted by Crippen LogP contribution is -2.58. The largest absolute Gasteiger partial charge is 0.468 e. The minimum atomic E-state index is -0.689. The molecule has 30 heavy (non-hydrogen) atoms. The number of likely N-dealkylation sites (tertiary alicyclic amines) is 2. The van der Waals surface area contributed by atoms with E-state index < -0.39 is 5.41 Å². The van der Waals surface area contributed by atoms with Crippen molar-refractivity contribution in [2.24, 2.45) is 5.92 Å². The van der Waals surface area contributed by atoms with Gasteiger partial charge in [-0.1, -0.05) is 24.3 Å². The number of ether oxygens (including phenoxy) is 2. The van der Waals surface area contributed by atoms with E-state index in [4.69, 9.17) is 9.47 Å². The first-order valence-corrected chi connectivity index (χ1v) is 10.7. The van der Waals surface area contributed by atoms with Gasteiger partial charge in [0.2, 0.25) is 0 Å². The highest BCUT2D eigenvalue weighted by Gasteiger charge is 2.40. The number of hydrogen-bond acceptors (Lipinski definition) is 5. The number of carbonyl (C=O) groups is 3. The fourth-order valence-electron chi connectivity index (χ4n) is 4.74. The second-order valence-corrected chi connectivity index (χ2v) is 9.21. The van der Waals surface area contributed by atoms with E-state index in [1.54, 1.807) is 0 Å². The Morgan fingerprint density at radius 2 is 1.80 bits per heavy atom. The average Bonchev–Trinajstić information content (AvgIpc) is 2.71. The van der Waals surface area contributed by atoms with Crippen molar-refractivity contribution in [3.05, 3.63) is 35.4 Å². The fourth-order valence-corrected chi connectivity index (χ4v) is 4.74. The first-order chi connectivity index (χ1) is 14.3. The second-order valence-electron chi connectivity index (χ2n) is 9.21. The van der Waals surface area contributed by atoms with Gasteiger partial charge in [-0.2, -0.15) is 0 Å². The van der Waals surface area contributed by atoms with Crippen LogP contribution in [0.2, 0.25) is 0 Å². The van der Waals surface area contributed by atoms with Gasteiger partial charge in [-0.15, -0.1) is 0 Å². The Balaban J connectivity index is 1.32. The summed E-state index contributed by atoms with van der Waals surface area (Å²) in [5.41, 5.74) is 1.40. The van der Waals surface area contributed by atoms with Gasteiger partial charge in [-0.3, -0.25) is 9.59 Å². The predicted octanol–water partition coefficient (Wildman–Crippen LogP) is 2.34. The van der Waals surface area contributed by atoms with Crippen molar-refractivity contribution in [2.75, 3.05) is 39.9 Å². The van der Waals surface area contributed by atoms with Crippen LogP contribution in [0.15, 0.2) is 24.3 Å². The number of carbonyl (C=O) groups excluding carboxylic acids is 3. The number of rotatable bonds is 3. The van der Waals surface area contributed by atoms with E-state index in [1.165, 1.54) is 12.7 Å². The number of benzene rings is 1. The Morgan fingerprint density at radius 1 is 1.10 bits per heavy atom. The molecule has 0 N–H and O–H groups in total. The Bertz CT molecular complexity index is 829. The second kappa shape index (κ2) is 8.02. The van der Waals surface area contributed by atoms with Gasteiger partial charge in [0.25, 0.3) is 0 Å². The summed E-state index contributed by atoms with van der Waals surface area (Å²) in [4.78, 5) is 40.3. The third kappa shape index (κ3) is 3.83. The van der Waals surface area contributed by atoms with Crippen molar-refractivity contribution in [3.8, 4) is 0 Å². The van der Waals surface area contributed by atoms with Crippen LogP contribution in [0.1, 0.15) is 43.7 Å². The van der Waals surface area contributed by atoms with Gasteiger partial charge in [-0.05, 0) is 31.4 Å². The molecule has 3 heterocycles. The maximum absolute atomic E-state index is 12.9. The number of fused-ring (bicyclic) bond motifs is 1. The third-order valence-corrected chi connectivity index (χ3v) is 6.83. The van der Waals surface area contributed by atoms with Crippen LogP contribution >= 0.6 is 0 Å². The van der Waals surface area contributed by atoms with E-state index in [9.17, 15) is 14.4 Å². The zero-order valence-corrected chi connectivity index (χ0v) is 17.9. The standard InChI is InChI=1S/C23H30N2O5/c1-23(2,21(27)29-3)18-6-4-15(5-7-18)17-12-25(13-17)22(28)24-9-8-20-16(11-24)10-19(26)14-30-20/h4-7,16-17,20H,8-14H2,1-3H3/t16-,20+/m1/s1. The number of nitrogens with zero attached hydrogens (tertiary/aromatic N) is 2. The van der Waals surface area contributed by atoms with Gasteiger partial charge in [0, 0.05) is 44.4 Å². The summed E-state index contributed by atoms with van der Waals surface area (Å²) in [7, 11) is 1.40. The number of urea groups is 1. The van der Waals surface area contributed by atoms with Gasteiger partial charge in [-0.25, -0.2) is 4.79 Å². The van der Waals surface area contributed by atoms with E-state index in [-0.39, 0.29) is 36.4 Å². The molecule has 0 spiro atoms. The Labute approximate surface area is 177 Å². The lowest BCUT2D eigenvalue weighted by Gasteiger charge is -2.46. The van der Waals surface area contributed by atoms with Gasteiger partial charge in [0.15, 0.2) is 5.78 Å². The SMILES string of the molecule is COC(=O)C(C)(C)c1ccc(C2CN(C(=O)N3CC[C@@H]4OCC(=O)C[C@@H]4C3)C2)cc1. The van der Waals surface area contributed by atoms with Crippen molar-refractivity contribution in [1.29, 1.82) is 0 Å². The average molecular weight is 415 g/mol. The lowest BCUT2D eigenvalue weighted by atomic mass is 9.82. The molecule has 0 aromatic heterocycles. The molecule has 4 rings (SSSR count). The number of ketones is 1. The number of hydrogen-bond donors (Lipinski definition) is 0.